The number of aromatic nitrogens is 3. The van der Waals surface area contributed by atoms with Crippen molar-refractivity contribution in [2.24, 2.45) is 0 Å². The van der Waals surface area contributed by atoms with Gasteiger partial charge in [-0.3, -0.25) is 0 Å². The molecule has 0 aliphatic heterocycles. The Morgan fingerprint density at radius 3 is 1.87 bits per heavy atom. The Kier molecular flexibility index (Phi) is 8.00. The fraction of sp³-hybridized carbons (Fsp3) is 0.0339. The summed E-state index contributed by atoms with van der Waals surface area (Å²) >= 11 is 0. The smallest absolute Gasteiger partial charge is 0.163 e. The van der Waals surface area contributed by atoms with E-state index in [4.69, 9.17) is 19.4 Å². The fourth-order valence-electron chi connectivity index (χ4n) is 9.94. The Morgan fingerprint density at radius 1 is 0.365 bits per heavy atom. The van der Waals surface area contributed by atoms with E-state index in [1.54, 1.807) is 0 Å². The zero-order valence-electron chi connectivity index (χ0n) is 34.2. The van der Waals surface area contributed by atoms with Crippen molar-refractivity contribution in [1.29, 1.82) is 0 Å². The number of rotatable bonds is 5. The highest BCUT2D eigenvalue weighted by Crippen LogP contribution is 2.43. The second kappa shape index (κ2) is 14.2. The summed E-state index contributed by atoms with van der Waals surface area (Å²) in [5.41, 5.74) is 13.2. The average molecular weight is 804 g/mol. The first-order chi connectivity index (χ1) is 31.2. The van der Waals surface area contributed by atoms with Crippen molar-refractivity contribution in [3.8, 4) is 56.2 Å². The summed E-state index contributed by atoms with van der Waals surface area (Å²) in [6.07, 6.45) is 0.811. The van der Waals surface area contributed by atoms with E-state index in [1.165, 1.54) is 54.7 Å². The Labute approximate surface area is 363 Å². The van der Waals surface area contributed by atoms with Crippen LogP contribution < -0.4 is 0 Å². The van der Waals surface area contributed by atoms with Crippen LogP contribution in [0.2, 0.25) is 0 Å². The van der Waals surface area contributed by atoms with Crippen LogP contribution in [0.1, 0.15) is 22.9 Å². The number of hydrogen-bond acceptors (Lipinski definition) is 4. The summed E-state index contributed by atoms with van der Waals surface area (Å²) in [7, 11) is 0. The molecule has 13 rings (SSSR count). The molecule has 0 N–H and O–H groups in total. The van der Waals surface area contributed by atoms with Gasteiger partial charge in [-0.05, 0) is 114 Å². The van der Waals surface area contributed by atoms with Gasteiger partial charge in [0, 0.05) is 27.8 Å². The molecule has 1 aliphatic rings. The van der Waals surface area contributed by atoms with Gasteiger partial charge < -0.3 is 4.42 Å². The van der Waals surface area contributed by atoms with E-state index in [0.29, 0.717) is 11.6 Å². The van der Waals surface area contributed by atoms with Crippen molar-refractivity contribution < 1.29 is 4.42 Å². The highest BCUT2D eigenvalue weighted by atomic mass is 16.3. The molecule has 2 heterocycles. The van der Waals surface area contributed by atoms with Gasteiger partial charge in [-0.15, -0.1) is 0 Å². The maximum Gasteiger partial charge on any atom is 0.163 e. The SMILES string of the molecule is c1ccc2c(c1)CC(c1nc(-c3ccc(-c4cccc5oc6cc(-c7ccc8ccccc8c7)ccc6c45)cc3)nc(-c3ccc4c(ccc5ccccc54)c3)n1)c1ccccc1-2. The highest BCUT2D eigenvalue weighted by molar-refractivity contribution is 6.13. The van der Waals surface area contributed by atoms with Crippen LogP contribution in [0.15, 0.2) is 211 Å². The van der Waals surface area contributed by atoms with Crippen molar-refractivity contribution in [3.63, 3.8) is 0 Å². The molecule has 1 unspecified atom stereocenters. The Morgan fingerprint density at radius 2 is 0.968 bits per heavy atom. The molecule has 1 aliphatic carbocycles. The maximum absolute atomic E-state index is 6.55. The summed E-state index contributed by atoms with van der Waals surface area (Å²) in [6.45, 7) is 0. The standard InChI is InChI=1S/C59H37N3O/c1-2-12-40-32-41(26-20-36(40)10-1)42-28-31-52-55(35-42)63-54-19-9-18-49(56(52)54)38-21-24-39(25-22-38)57-60-58(45-29-30-48-44(33-45)27-23-37-11-3-5-14-46(37)48)62-59(61-57)53-34-43-13-4-6-15-47(43)50-16-7-8-17-51(50)53/h1-33,35,53H,34H2. The molecular weight excluding hydrogens is 767 g/mol. The van der Waals surface area contributed by atoms with Crippen LogP contribution in [0.3, 0.4) is 0 Å². The van der Waals surface area contributed by atoms with Gasteiger partial charge in [-0.25, -0.2) is 15.0 Å². The zero-order chi connectivity index (χ0) is 41.4. The molecule has 0 bridgehead atoms. The number of fused-ring (bicyclic) bond motifs is 10. The van der Waals surface area contributed by atoms with Crippen molar-refractivity contribution >= 4 is 54.3 Å². The van der Waals surface area contributed by atoms with Crippen LogP contribution in [-0.2, 0) is 6.42 Å². The monoisotopic (exact) mass is 803 g/mol. The second-order valence-electron chi connectivity index (χ2n) is 16.7. The zero-order valence-corrected chi connectivity index (χ0v) is 34.2. The largest absolute Gasteiger partial charge is 0.456 e. The van der Waals surface area contributed by atoms with Gasteiger partial charge in [-0.1, -0.05) is 176 Å². The lowest BCUT2D eigenvalue weighted by atomic mass is 9.78. The first-order valence-electron chi connectivity index (χ1n) is 21.6. The topological polar surface area (TPSA) is 51.8 Å². The molecule has 63 heavy (non-hydrogen) atoms. The molecule has 12 aromatic rings. The molecule has 0 radical (unpaired) electrons. The molecule has 0 spiro atoms. The number of benzene rings is 10. The van der Waals surface area contributed by atoms with Crippen LogP contribution in [0, 0.1) is 0 Å². The molecule has 10 aromatic carbocycles. The molecular formula is C59H37N3O. The molecule has 0 saturated carbocycles. The van der Waals surface area contributed by atoms with E-state index < -0.39 is 0 Å². The quantitative estimate of drug-likeness (QED) is 0.163. The summed E-state index contributed by atoms with van der Waals surface area (Å²) in [5, 5.41) is 9.49. The first kappa shape index (κ1) is 35.5. The molecule has 1 atom stereocenters. The van der Waals surface area contributed by atoms with Crippen LogP contribution in [0.25, 0.3) is 110 Å². The predicted octanol–water partition coefficient (Wildman–Crippen LogP) is 15.3. The van der Waals surface area contributed by atoms with Gasteiger partial charge in [0.05, 0.1) is 0 Å². The summed E-state index contributed by atoms with van der Waals surface area (Å²) in [6, 6.07) is 73.6. The molecule has 294 valence electrons. The maximum atomic E-state index is 6.55. The molecule has 0 saturated heterocycles. The predicted molar refractivity (Wildman–Crippen MR) is 259 cm³/mol. The third kappa shape index (κ3) is 5.94. The van der Waals surface area contributed by atoms with Crippen molar-refractivity contribution in [2.75, 3.05) is 0 Å². The Balaban J connectivity index is 0.915. The summed E-state index contributed by atoms with van der Waals surface area (Å²) < 4.78 is 6.55. The lowest BCUT2D eigenvalue weighted by Crippen LogP contribution is -2.16. The molecule has 0 amide bonds. The van der Waals surface area contributed by atoms with Crippen LogP contribution >= 0.6 is 0 Å². The number of nitrogens with zero attached hydrogens (tertiary/aromatic N) is 3. The minimum absolute atomic E-state index is 0.0333. The number of furan rings is 1. The highest BCUT2D eigenvalue weighted by Gasteiger charge is 2.29. The molecule has 0 fully saturated rings. The van der Waals surface area contributed by atoms with Gasteiger partial charge in [-0.2, -0.15) is 0 Å². The van der Waals surface area contributed by atoms with E-state index in [0.717, 1.165) is 67.4 Å². The van der Waals surface area contributed by atoms with Gasteiger partial charge >= 0.3 is 0 Å². The fourth-order valence-corrected chi connectivity index (χ4v) is 9.94. The lowest BCUT2D eigenvalue weighted by molar-refractivity contribution is 0.669. The van der Waals surface area contributed by atoms with Crippen LogP contribution in [0.4, 0.5) is 0 Å². The van der Waals surface area contributed by atoms with E-state index >= 15 is 0 Å². The number of hydrogen-bond donors (Lipinski definition) is 0. The normalized spacial score (nSPS) is 13.5. The Bertz CT molecular complexity index is 3790. The minimum Gasteiger partial charge on any atom is -0.456 e. The second-order valence-corrected chi connectivity index (χ2v) is 16.7. The summed E-state index contributed by atoms with van der Waals surface area (Å²) in [4.78, 5) is 15.9. The first-order valence-corrected chi connectivity index (χ1v) is 21.6. The van der Waals surface area contributed by atoms with Crippen molar-refractivity contribution in [2.45, 2.75) is 12.3 Å². The molecule has 2 aromatic heterocycles. The summed E-state index contributed by atoms with van der Waals surface area (Å²) in [5.74, 6) is 2.07. The van der Waals surface area contributed by atoms with E-state index in [9.17, 15) is 0 Å². The molecule has 4 heteroatoms. The van der Waals surface area contributed by atoms with E-state index in [-0.39, 0.29) is 5.92 Å². The van der Waals surface area contributed by atoms with E-state index in [1.807, 2.05) is 0 Å². The molecule has 4 nitrogen and oxygen atoms in total. The van der Waals surface area contributed by atoms with E-state index in [2.05, 4.69) is 206 Å². The third-order valence-electron chi connectivity index (χ3n) is 13.1. The van der Waals surface area contributed by atoms with Gasteiger partial charge in [0.25, 0.3) is 0 Å². The van der Waals surface area contributed by atoms with Crippen LogP contribution in [0.5, 0.6) is 0 Å². The van der Waals surface area contributed by atoms with Gasteiger partial charge in [0.1, 0.15) is 17.0 Å². The van der Waals surface area contributed by atoms with Crippen molar-refractivity contribution in [3.05, 3.63) is 223 Å². The van der Waals surface area contributed by atoms with Crippen LogP contribution in [-0.4, -0.2) is 15.0 Å². The van der Waals surface area contributed by atoms with Crippen molar-refractivity contribution in [1.82, 2.24) is 15.0 Å². The average Bonchev–Trinajstić information content (AvgIpc) is 3.74. The minimum atomic E-state index is -0.0333. The Hall–Kier alpha value is -8.21. The third-order valence-corrected chi connectivity index (χ3v) is 13.1. The van der Waals surface area contributed by atoms with Gasteiger partial charge in [0.2, 0.25) is 0 Å². The lowest BCUT2D eigenvalue weighted by Gasteiger charge is -2.27. The van der Waals surface area contributed by atoms with Gasteiger partial charge in [0.15, 0.2) is 11.6 Å².